The number of nitrogens with two attached hydrogens (primary N) is 6. The monoisotopic (exact) mass is 1210 g/mol. The molecule has 0 radical (unpaired) electrons. The van der Waals surface area contributed by atoms with Crippen LogP contribution in [0.1, 0.15) is 108 Å². The number of carbonyl (C=O) groups excluding carboxylic acids is 8. The molecule has 0 aliphatic carbocycles. The zero-order valence-electron chi connectivity index (χ0n) is 50.9. The minimum absolute atomic E-state index is 0.0102. The molecule has 88 heavy (non-hydrogen) atoms. The van der Waals surface area contributed by atoms with Crippen molar-refractivity contribution in [1.29, 1.82) is 0 Å². The van der Waals surface area contributed by atoms with Gasteiger partial charge in [-0.2, -0.15) is 0 Å². The minimum atomic E-state index is -1.39. The Kier molecular flexibility index (Phi) is 25.5. The van der Waals surface area contributed by atoms with Crippen LogP contribution in [-0.2, 0) is 68.8 Å². The maximum Gasteiger partial charge on any atom is 0.326 e. The number of aliphatic carboxylic acids is 1. The number of benzene rings is 4. The summed E-state index contributed by atoms with van der Waals surface area (Å²) in [6.45, 7) is 8.19. The summed E-state index contributed by atoms with van der Waals surface area (Å²) in [6.07, 6.45) is 2.83. The summed E-state index contributed by atoms with van der Waals surface area (Å²) in [7, 11) is 0. The van der Waals surface area contributed by atoms with E-state index in [4.69, 9.17) is 34.4 Å². The number of nitrogens with zero attached hydrogens (tertiary/aromatic N) is 2. The number of carboxylic acid groups (broad SMARTS) is 1. The lowest BCUT2D eigenvalue weighted by molar-refractivity contribution is -0.143. The molecule has 8 amide bonds. The van der Waals surface area contributed by atoms with Crippen LogP contribution in [0.2, 0.25) is 0 Å². The van der Waals surface area contributed by atoms with E-state index in [-0.39, 0.29) is 82.8 Å². The van der Waals surface area contributed by atoms with Gasteiger partial charge < -0.3 is 81.2 Å². The average Bonchev–Trinajstić information content (AvgIpc) is 4.45. The summed E-state index contributed by atoms with van der Waals surface area (Å²) < 4.78 is 0. The number of anilines is 4. The molecule has 0 unspecified atom stereocenters. The number of hydrogen-bond donors (Lipinski definition) is 13. The van der Waals surface area contributed by atoms with Crippen molar-refractivity contribution in [3.05, 3.63) is 119 Å². The summed E-state index contributed by atoms with van der Waals surface area (Å²) in [6, 6.07) is 15.9. The molecule has 0 bridgehead atoms. The molecular formula is C64H90N14O10. The number of nitrogens with one attached hydrogen (secondary N) is 6. The molecule has 24 nitrogen and oxygen atoms in total. The van der Waals surface area contributed by atoms with E-state index in [1.165, 1.54) is 9.80 Å². The van der Waals surface area contributed by atoms with Crippen LogP contribution in [0.5, 0.6) is 0 Å². The summed E-state index contributed by atoms with van der Waals surface area (Å²) in [5.74, 6) is -6.62. The van der Waals surface area contributed by atoms with Crippen LogP contribution >= 0.6 is 0 Å². The van der Waals surface area contributed by atoms with Crippen molar-refractivity contribution in [2.75, 3.05) is 42.6 Å². The number of carbonyl (C=O) groups is 9. The maximum atomic E-state index is 15.1. The molecule has 0 spiro atoms. The third-order valence-corrected chi connectivity index (χ3v) is 16.3. The van der Waals surface area contributed by atoms with Gasteiger partial charge >= 0.3 is 5.97 Å². The molecule has 2 fully saturated rings. The molecule has 24 heteroatoms. The molecule has 476 valence electrons. The first-order valence-corrected chi connectivity index (χ1v) is 30.4. The van der Waals surface area contributed by atoms with Gasteiger partial charge in [-0.1, -0.05) is 82.6 Å². The normalized spacial score (nSPS) is 17.5. The van der Waals surface area contributed by atoms with E-state index in [0.29, 0.717) is 77.1 Å². The van der Waals surface area contributed by atoms with Gasteiger partial charge in [0.05, 0.1) is 6.04 Å². The first-order chi connectivity index (χ1) is 41.9. The second-order valence-corrected chi connectivity index (χ2v) is 23.7. The Morgan fingerprint density at radius 1 is 0.489 bits per heavy atom. The molecule has 0 saturated carbocycles. The Hall–Kier alpha value is -8.77. The van der Waals surface area contributed by atoms with E-state index in [2.05, 4.69) is 31.9 Å². The van der Waals surface area contributed by atoms with Gasteiger partial charge in [0.2, 0.25) is 47.3 Å². The van der Waals surface area contributed by atoms with Gasteiger partial charge in [0.1, 0.15) is 48.3 Å². The smallest absolute Gasteiger partial charge is 0.326 e. The zero-order valence-corrected chi connectivity index (χ0v) is 50.9. The molecular weight excluding hydrogens is 1120 g/mol. The highest BCUT2D eigenvalue weighted by molar-refractivity contribution is 5.99. The average molecular weight is 1220 g/mol. The van der Waals surface area contributed by atoms with E-state index in [1.54, 1.807) is 97.1 Å². The zero-order chi connectivity index (χ0) is 64.2. The van der Waals surface area contributed by atoms with Crippen LogP contribution in [0.25, 0.3) is 0 Å². The third-order valence-electron chi connectivity index (χ3n) is 16.3. The largest absolute Gasteiger partial charge is 0.480 e. The van der Waals surface area contributed by atoms with Crippen molar-refractivity contribution in [2.45, 2.75) is 166 Å². The lowest BCUT2D eigenvalue weighted by Gasteiger charge is -2.32. The Bertz CT molecular complexity index is 3020. The lowest BCUT2D eigenvalue weighted by atomic mass is 9.97. The van der Waals surface area contributed by atoms with Crippen molar-refractivity contribution in [1.82, 2.24) is 41.7 Å². The molecule has 19 N–H and O–H groups in total. The predicted molar refractivity (Wildman–Crippen MR) is 337 cm³/mol. The van der Waals surface area contributed by atoms with Crippen molar-refractivity contribution in [2.24, 2.45) is 23.3 Å². The maximum absolute atomic E-state index is 15.1. The number of carboxylic acids is 1. The molecule has 6 rings (SSSR count). The van der Waals surface area contributed by atoms with Gasteiger partial charge in [0.25, 0.3) is 0 Å². The van der Waals surface area contributed by atoms with Crippen LogP contribution in [0.4, 0.5) is 22.7 Å². The van der Waals surface area contributed by atoms with Gasteiger partial charge in [-0.15, -0.1) is 0 Å². The Morgan fingerprint density at radius 3 is 1.23 bits per heavy atom. The third kappa shape index (κ3) is 19.9. The lowest BCUT2D eigenvalue weighted by Crippen LogP contribution is -2.60. The van der Waals surface area contributed by atoms with Crippen LogP contribution in [-0.4, -0.2) is 142 Å². The van der Waals surface area contributed by atoms with Crippen molar-refractivity contribution in [3.63, 3.8) is 0 Å². The van der Waals surface area contributed by atoms with Gasteiger partial charge in [-0.05, 0) is 141 Å². The number of unbranched alkanes of at least 4 members (excludes halogenated alkanes) is 1. The number of nitrogen functional groups attached to an aromatic ring is 4. The second kappa shape index (κ2) is 32.8. The molecule has 10 atom stereocenters. The highest BCUT2D eigenvalue weighted by Crippen LogP contribution is 2.24. The second-order valence-electron chi connectivity index (χ2n) is 23.7. The predicted octanol–water partition coefficient (Wildman–Crippen LogP) is 1.81. The van der Waals surface area contributed by atoms with Crippen LogP contribution in [0.15, 0.2) is 97.1 Å². The van der Waals surface area contributed by atoms with Gasteiger partial charge in [0, 0.05) is 61.5 Å². The van der Waals surface area contributed by atoms with E-state index >= 15 is 4.79 Å². The fraction of sp³-hybridized carbons (Fsp3) is 0.484. The van der Waals surface area contributed by atoms with Crippen molar-refractivity contribution < 1.29 is 48.3 Å². The van der Waals surface area contributed by atoms with E-state index in [1.807, 2.05) is 27.7 Å². The Labute approximate surface area is 514 Å². The summed E-state index contributed by atoms with van der Waals surface area (Å²) >= 11 is 0. The summed E-state index contributed by atoms with van der Waals surface area (Å²) in [5.41, 5.74) is 40.3. The Balaban J connectivity index is 1.25. The molecule has 2 heterocycles. The molecule has 4 aromatic rings. The van der Waals surface area contributed by atoms with Gasteiger partial charge in [-0.25, -0.2) is 4.79 Å². The van der Waals surface area contributed by atoms with E-state index in [9.17, 15) is 43.5 Å². The van der Waals surface area contributed by atoms with Crippen LogP contribution in [0.3, 0.4) is 0 Å². The minimum Gasteiger partial charge on any atom is -0.480 e. The number of likely N-dealkylation sites (tertiary alicyclic amines) is 2. The molecule has 2 saturated heterocycles. The van der Waals surface area contributed by atoms with E-state index < -0.39 is 108 Å². The van der Waals surface area contributed by atoms with Crippen molar-refractivity contribution in [3.8, 4) is 0 Å². The molecule has 2 aliphatic rings. The van der Waals surface area contributed by atoms with Gasteiger partial charge in [0.15, 0.2) is 0 Å². The molecule has 2 aliphatic heterocycles. The number of amides is 8. The highest BCUT2D eigenvalue weighted by atomic mass is 16.4. The van der Waals surface area contributed by atoms with Crippen LogP contribution in [0, 0.1) is 11.8 Å². The number of hydrogen-bond acceptors (Lipinski definition) is 15. The summed E-state index contributed by atoms with van der Waals surface area (Å²) in [4.78, 5) is 131. The topological polar surface area (TPSA) is 409 Å². The highest BCUT2D eigenvalue weighted by Gasteiger charge is 2.42. The SMILES string of the molecule is CC[C@H](C)[C@H](N)C(=O)N[C@@H](CC(C)C)C(=O)N1CCC[C@H]1C(=O)N[C@@H](Cc1ccc(N)cc1)C(=O)N[C@@H](CCCCN)C(=O)N[C@@H](Cc1ccc(N)cc1)C(=O)N1CCC[C@H]1C(=O)N[C@@H](Cc1ccc(N)cc1)C(=O)N[C@@H](Cc1ccc(N)cc1)C(=O)O. The van der Waals surface area contributed by atoms with Crippen LogP contribution < -0.4 is 66.3 Å². The van der Waals surface area contributed by atoms with Crippen molar-refractivity contribution >= 4 is 76.0 Å². The first-order valence-electron chi connectivity index (χ1n) is 30.4. The molecule has 4 aromatic carbocycles. The standard InChI is InChI=1S/C64H90N14O10/c1-5-38(4)55(70)61(84)75-50(32-37(2)3)62(85)77-30-8-11-53(77)59(82)72-48(33-39-13-21-43(66)22-14-39)57(80)71-47(10-6-7-29-65)56(79)74-51(35-41-17-25-45(68)26-18-41)63(86)78-31-9-12-54(78)60(83)73-49(34-40-15-23-44(67)24-16-40)58(81)76-52(64(87)88)36-42-19-27-46(69)28-20-42/h13-28,37-38,47-55H,5-12,29-36,65-70H2,1-4H3,(H,71,80)(H,72,82)(H,73,83)(H,74,79)(H,75,84)(H,76,81)(H,87,88)/t38-,47-,48-,49-,50-,51-,52-,53-,54-,55-/m0/s1. The number of rotatable bonds is 31. The summed E-state index contributed by atoms with van der Waals surface area (Å²) in [5, 5.41) is 27.1. The first kappa shape index (κ1) is 68.3. The fourth-order valence-corrected chi connectivity index (χ4v) is 11.0. The molecule has 0 aromatic heterocycles. The fourth-order valence-electron chi connectivity index (χ4n) is 11.0. The van der Waals surface area contributed by atoms with E-state index in [0.717, 1.165) is 0 Å². The quantitative estimate of drug-likeness (QED) is 0.0252. The van der Waals surface area contributed by atoms with Gasteiger partial charge in [-0.3, -0.25) is 38.4 Å². The Morgan fingerprint density at radius 2 is 0.841 bits per heavy atom.